The van der Waals surface area contributed by atoms with Crippen molar-refractivity contribution in [3.05, 3.63) is 29.3 Å². The first-order valence-corrected chi connectivity index (χ1v) is 8.42. The van der Waals surface area contributed by atoms with E-state index >= 15 is 0 Å². The van der Waals surface area contributed by atoms with Gasteiger partial charge in [-0.2, -0.15) is 0 Å². The van der Waals surface area contributed by atoms with Crippen LogP contribution in [0.3, 0.4) is 0 Å². The summed E-state index contributed by atoms with van der Waals surface area (Å²) in [5.41, 5.74) is 7.47. The number of hydrogen-bond acceptors (Lipinski definition) is 4. The summed E-state index contributed by atoms with van der Waals surface area (Å²) < 4.78 is 32.5. The molecule has 0 aliphatic carbocycles. The molecule has 112 valence electrons. The van der Waals surface area contributed by atoms with Crippen molar-refractivity contribution in [2.45, 2.75) is 43.7 Å². The zero-order valence-corrected chi connectivity index (χ0v) is 12.6. The Hall–Kier alpha value is -0.950. The highest BCUT2D eigenvalue weighted by Crippen LogP contribution is 2.17. The van der Waals surface area contributed by atoms with Gasteiger partial charge in [-0.05, 0) is 49.4 Å². The Morgan fingerprint density at radius 3 is 2.90 bits per heavy atom. The van der Waals surface area contributed by atoms with Gasteiger partial charge in [-0.1, -0.05) is 6.07 Å². The van der Waals surface area contributed by atoms with Crippen LogP contribution in [0.15, 0.2) is 23.1 Å². The number of nitrogens with two attached hydrogens (primary N) is 1. The molecule has 1 unspecified atom stereocenters. The molecule has 2 rings (SSSR count). The molecule has 0 saturated carbocycles. The predicted octanol–water partition coefficient (Wildman–Crippen LogP) is 1.30. The number of ether oxygens (including phenoxy) is 1. The van der Waals surface area contributed by atoms with Crippen LogP contribution in [0, 0.1) is 6.92 Å². The van der Waals surface area contributed by atoms with Gasteiger partial charge in [0, 0.05) is 19.7 Å². The first-order chi connectivity index (χ1) is 9.53. The van der Waals surface area contributed by atoms with Gasteiger partial charge in [-0.25, -0.2) is 13.1 Å². The summed E-state index contributed by atoms with van der Waals surface area (Å²) in [6, 6.07) is 5.05. The first-order valence-electron chi connectivity index (χ1n) is 6.94. The van der Waals surface area contributed by atoms with Crippen LogP contribution in [0.25, 0.3) is 0 Å². The van der Waals surface area contributed by atoms with Crippen LogP contribution in [-0.4, -0.2) is 27.7 Å². The summed E-state index contributed by atoms with van der Waals surface area (Å²) in [6.45, 7) is 3.45. The van der Waals surface area contributed by atoms with Gasteiger partial charge in [0.15, 0.2) is 0 Å². The molecular formula is C14H22N2O3S. The molecule has 0 bridgehead atoms. The Balaban J connectivity index is 1.98. The van der Waals surface area contributed by atoms with Gasteiger partial charge in [0.25, 0.3) is 0 Å². The lowest BCUT2D eigenvalue weighted by atomic mass is 10.1. The molecule has 3 N–H and O–H groups in total. The number of benzene rings is 1. The topological polar surface area (TPSA) is 81.4 Å². The second-order valence-electron chi connectivity index (χ2n) is 5.11. The van der Waals surface area contributed by atoms with E-state index in [9.17, 15) is 8.42 Å². The van der Waals surface area contributed by atoms with E-state index in [1.807, 2.05) is 6.92 Å². The van der Waals surface area contributed by atoms with Crippen LogP contribution < -0.4 is 10.5 Å². The largest absolute Gasteiger partial charge is 0.378 e. The van der Waals surface area contributed by atoms with Gasteiger partial charge in [0.2, 0.25) is 10.0 Å². The van der Waals surface area contributed by atoms with Gasteiger partial charge in [0.1, 0.15) is 0 Å². The monoisotopic (exact) mass is 298 g/mol. The normalized spacial score (nSPS) is 19.4. The fraction of sp³-hybridized carbons (Fsp3) is 0.571. The SMILES string of the molecule is Cc1ccc(S(=O)(=O)NCCC2CCCO2)cc1CN. The van der Waals surface area contributed by atoms with Gasteiger partial charge in [-0.15, -0.1) is 0 Å². The lowest BCUT2D eigenvalue weighted by Gasteiger charge is -2.12. The zero-order valence-electron chi connectivity index (χ0n) is 11.8. The fourth-order valence-corrected chi connectivity index (χ4v) is 3.44. The minimum atomic E-state index is -3.46. The van der Waals surface area contributed by atoms with Crippen molar-refractivity contribution in [2.75, 3.05) is 13.2 Å². The minimum absolute atomic E-state index is 0.190. The Kier molecular flexibility index (Phi) is 5.15. The molecule has 6 heteroatoms. The smallest absolute Gasteiger partial charge is 0.240 e. The molecule has 1 atom stereocenters. The second-order valence-corrected chi connectivity index (χ2v) is 6.88. The number of aryl methyl sites for hydroxylation is 1. The van der Waals surface area contributed by atoms with Crippen LogP contribution >= 0.6 is 0 Å². The summed E-state index contributed by atoms with van der Waals surface area (Å²) in [7, 11) is -3.46. The van der Waals surface area contributed by atoms with Crippen molar-refractivity contribution in [3.8, 4) is 0 Å². The van der Waals surface area contributed by atoms with Crippen molar-refractivity contribution in [1.82, 2.24) is 4.72 Å². The average molecular weight is 298 g/mol. The molecule has 5 nitrogen and oxygen atoms in total. The Morgan fingerprint density at radius 2 is 2.25 bits per heavy atom. The summed E-state index contributed by atoms with van der Waals surface area (Å²) in [4.78, 5) is 0.274. The van der Waals surface area contributed by atoms with E-state index in [2.05, 4.69) is 4.72 Å². The molecule has 1 aromatic carbocycles. The van der Waals surface area contributed by atoms with Gasteiger partial charge < -0.3 is 10.5 Å². The average Bonchev–Trinajstić information content (AvgIpc) is 2.92. The molecule has 0 amide bonds. The van der Waals surface area contributed by atoms with Gasteiger partial charge in [0.05, 0.1) is 11.0 Å². The quantitative estimate of drug-likeness (QED) is 0.829. The maximum absolute atomic E-state index is 12.2. The van der Waals surface area contributed by atoms with Crippen molar-refractivity contribution < 1.29 is 13.2 Å². The molecule has 0 aromatic heterocycles. The third-order valence-electron chi connectivity index (χ3n) is 3.63. The number of sulfonamides is 1. The third kappa shape index (κ3) is 3.79. The number of hydrogen-bond donors (Lipinski definition) is 2. The highest BCUT2D eigenvalue weighted by atomic mass is 32.2. The standard InChI is InChI=1S/C14H22N2O3S/c1-11-4-5-14(9-12(11)10-15)20(17,18)16-7-6-13-3-2-8-19-13/h4-5,9,13,16H,2-3,6-8,10,15H2,1H3. The van der Waals surface area contributed by atoms with Gasteiger partial charge in [-0.3, -0.25) is 0 Å². The van der Waals surface area contributed by atoms with E-state index in [1.165, 1.54) is 0 Å². The molecule has 20 heavy (non-hydrogen) atoms. The summed E-state index contributed by atoms with van der Waals surface area (Å²) >= 11 is 0. The van der Waals surface area contributed by atoms with Crippen molar-refractivity contribution in [2.24, 2.45) is 5.73 Å². The third-order valence-corrected chi connectivity index (χ3v) is 5.09. The number of nitrogens with one attached hydrogen (secondary N) is 1. The lowest BCUT2D eigenvalue weighted by molar-refractivity contribution is 0.105. The highest BCUT2D eigenvalue weighted by molar-refractivity contribution is 7.89. The van der Waals surface area contributed by atoms with E-state index in [4.69, 9.17) is 10.5 Å². The highest BCUT2D eigenvalue weighted by Gasteiger charge is 2.18. The van der Waals surface area contributed by atoms with Crippen LogP contribution in [0.4, 0.5) is 0 Å². The maximum Gasteiger partial charge on any atom is 0.240 e. The minimum Gasteiger partial charge on any atom is -0.378 e. The first kappa shape index (κ1) is 15.4. The predicted molar refractivity (Wildman–Crippen MR) is 77.8 cm³/mol. The van der Waals surface area contributed by atoms with Crippen LogP contribution in [0.1, 0.15) is 30.4 Å². The van der Waals surface area contributed by atoms with Crippen molar-refractivity contribution in [1.29, 1.82) is 0 Å². The Labute approximate surface area is 120 Å². The molecule has 1 aliphatic heterocycles. The summed E-state index contributed by atoms with van der Waals surface area (Å²) in [5, 5.41) is 0. The van der Waals surface area contributed by atoms with E-state index in [0.29, 0.717) is 13.1 Å². The molecule has 1 saturated heterocycles. The van der Waals surface area contributed by atoms with Crippen molar-refractivity contribution in [3.63, 3.8) is 0 Å². The van der Waals surface area contributed by atoms with E-state index in [0.717, 1.165) is 37.0 Å². The molecule has 0 spiro atoms. The molecule has 0 radical (unpaired) electrons. The van der Waals surface area contributed by atoms with Gasteiger partial charge >= 0.3 is 0 Å². The van der Waals surface area contributed by atoms with Crippen LogP contribution in [0.2, 0.25) is 0 Å². The van der Waals surface area contributed by atoms with E-state index < -0.39 is 10.0 Å². The maximum atomic E-state index is 12.2. The zero-order chi connectivity index (χ0) is 14.6. The number of rotatable bonds is 6. The van der Waals surface area contributed by atoms with E-state index in [-0.39, 0.29) is 11.0 Å². The van der Waals surface area contributed by atoms with Crippen LogP contribution in [0.5, 0.6) is 0 Å². The van der Waals surface area contributed by atoms with Crippen molar-refractivity contribution >= 4 is 10.0 Å². The molecule has 1 heterocycles. The molecule has 1 fully saturated rings. The molecule has 1 aliphatic rings. The summed E-state index contributed by atoms with van der Waals surface area (Å²) in [6.07, 6.45) is 2.99. The summed E-state index contributed by atoms with van der Waals surface area (Å²) in [5.74, 6) is 0. The molecule has 1 aromatic rings. The lowest BCUT2D eigenvalue weighted by Crippen LogP contribution is -2.27. The second kappa shape index (κ2) is 6.67. The van der Waals surface area contributed by atoms with Crippen LogP contribution in [-0.2, 0) is 21.3 Å². The fourth-order valence-electron chi connectivity index (χ4n) is 2.34. The van der Waals surface area contributed by atoms with E-state index in [1.54, 1.807) is 18.2 Å². The Bertz CT molecular complexity index is 552. The Morgan fingerprint density at radius 1 is 1.45 bits per heavy atom. The molecular weight excluding hydrogens is 276 g/mol.